The molecule has 0 saturated heterocycles. The Labute approximate surface area is 97.0 Å². The Bertz CT molecular complexity index is 409. The number of nitrogens with zero attached hydrogens (tertiary/aromatic N) is 2. The van der Waals surface area contributed by atoms with Gasteiger partial charge < -0.3 is 4.74 Å². The van der Waals surface area contributed by atoms with E-state index >= 15 is 0 Å². The highest BCUT2D eigenvalue weighted by Gasteiger charge is 2.38. The van der Waals surface area contributed by atoms with Crippen LogP contribution >= 0.6 is 15.9 Å². The van der Waals surface area contributed by atoms with Gasteiger partial charge in [-0.25, -0.2) is 14.8 Å². The summed E-state index contributed by atoms with van der Waals surface area (Å²) in [5.74, 6) is -1.10. The molecule has 1 rings (SSSR count). The van der Waals surface area contributed by atoms with Crippen LogP contribution in [0.3, 0.4) is 0 Å². The van der Waals surface area contributed by atoms with Crippen LogP contribution in [0.4, 0.5) is 13.2 Å². The molecule has 0 unspecified atom stereocenters. The van der Waals surface area contributed by atoms with E-state index < -0.39 is 23.4 Å². The standard InChI is InChI=1S/C8H6BrF3N2O2/c1-2-16-6(15)4-3-13-7(9)14-5(4)8(10,11)12/h3H,2H2,1H3. The number of carbonyl (C=O) groups excluding carboxylic acids is 1. The molecule has 0 aliphatic rings. The Morgan fingerprint density at radius 1 is 1.56 bits per heavy atom. The van der Waals surface area contributed by atoms with E-state index in [1.807, 2.05) is 0 Å². The van der Waals surface area contributed by atoms with E-state index in [0.717, 1.165) is 6.20 Å². The van der Waals surface area contributed by atoms with E-state index in [4.69, 9.17) is 0 Å². The van der Waals surface area contributed by atoms with Crippen LogP contribution in [0.5, 0.6) is 0 Å². The third kappa shape index (κ3) is 2.91. The fraction of sp³-hybridized carbons (Fsp3) is 0.375. The molecule has 0 fully saturated rings. The molecule has 0 spiro atoms. The molecule has 4 nitrogen and oxygen atoms in total. The van der Waals surface area contributed by atoms with Crippen molar-refractivity contribution < 1.29 is 22.7 Å². The molecule has 1 aromatic heterocycles. The van der Waals surface area contributed by atoms with E-state index in [1.54, 1.807) is 0 Å². The van der Waals surface area contributed by atoms with Crippen LogP contribution in [0.1, 0.15) is 23.0 Å². The second-order valence-corrected chi connectivity index (χ2v) is 3.33. The first-order chi connectivity index (χ1) is 7.36. The minimum Gasteiger partial charge on any atom is -0.462 e. The Morgan fingerprint density at radius 3 is 2.69 bits per heavy atom. The van der Waals surface area contributed by atoms with Gasteiger partial charge in [-0.3, -0.25) is 0 Å². The highest BCUT2D eigenvalue weighted by atomic mass is 79.9. The molecule has 0 radical (unpaired) electrons. The molecule has 0 amide bonds. The van der Waals surface area contributed by atoms with Crippen LogP contribution in [0.2, 0.25) is 0 Å². The van der Waals surface area contributed by atoms with Crippen molar-refractivity contribution in [1.82, 2.24) is 9.97 Å². The molecule has 88 valence electrons. The van der Waals surface area contributed by atoms with E-state index in [1.165, 1.54) is 6.92 Å². The number of hydrogen-bond donors (Lipinski definition) is 0. The van der Waals surface area contributed by atoms with E-state index in [9.17, 15) is 18.0 Å². The highest BCUT2D eigenvalue weighted by Crippen LogP contribution is 2.31. The van der Waals surface area contributed by atoms with E-state index in [2.05, 4.69) is 30.6 Å². The third-order valence-corrected chi connectivity index (χ3v) is 1.91. The number of ether oxygens (including phenoxy) is 1. The van der Waals surface area contributed by atoms with Crippen molar-refractivity contribution in [3.8, 4) is 0 Å². The fourth-order valence-electron chi connectivity index (χ4n) is 0.935. The summed E-state index contributed by atoms with van der Waals surface area (Å²) in [7, 11) is 0. The van der Waals surface area contributed by atoms with E-state index in [-0.39, 0.29) is 11.3 Å². The van der Waals surface area contributed by atoms with Crippen LogP contribution in [0.25, 0.3) is 0 Å². The van der Waals surface area contributed by atoms with Gasteiger partial charge in [0.25, 0.3) is 0 Å². The fourth-order valence-corrected chi connectivity index (χ4v) is 1.21. The molecule has 1 heterocycles. The zero-order valence-electron chi connectivity index (χ0n) is 8.01. The molecule has 0 saturated carbocycles. The lowest BCUT2D eigenvalue weighted by atomic mass is 10.2. The summed E-state index contributed by atoms with van der Waals surface area (Å²) in [6.07, 6.45) is -3.95. The van der Waals surface area contributed by atoms with Gasteiger partial charge in [0.2, 0.25) is 0 Å². The average Bonchev–Trinajstić information content (AvgIpc) is 2.16. The van der Waals surface area contributed by atoms with Gasteiger partial charge in [-0.1, -0.05) is 0 Å². The van der Waals surface area contributed by atoms with E-state index in [0.29, 0.717) is 0 Å². The van der Waals surface area contributed by atoms with Crippen LogP contribution in [0.15, 0.2) is 10.9 Å². The minimum absolute atomic E-state index is 0.0216. The van der Waals surface area contributed by atoms with Gasteiger partial charge in [-0.05, 0) is 22.9 Å². The summed E-state index contributed by atoms with van der Waals surface area (Å²) in [5.41, 5.74) is -2.01. The maximum atomic E-state index is 12.5. The van der Waals surface area contributed by atoms with Crippen molar-refractivity contribution in [2.45, 2.75) is 13.1 Å². The van der Waals surface area contributed by atoms with Gasteiger partial charge in [0.1, 0.15) is 5.56 Å². The molecule has 8 heteroatoms. The normalized spacial score (nSPS) is 11.3. The Kier molecular flexibility index (Phi) is 3.84. The predicted molar refractivity (Wildman–Crippen MR) is 50.7 cm³/mol. The smallest absolute Gasteiger partial charge is 0.434 e. The van der Waals surface area contributed by atoms with Crippen LogP contribution in [-0.4, -0.2) is 22.5 Å². The number of aromatic nitrogens is 2. The lowest BCUT2D eigenvalue weighted by Gasteiger charge is -2.10. The molecular formula is C8H6BrF3N2O2. The molecular weight excluding hydrogens is 293 g/mol. The number of rotatable bonds is 2. The minimum atomic E-state index is -4.73. The van der Waals surface area contributed by atoms with Crippen molar-refractivity contribution in [3.63, 3.8) is 0 Å². The second-order valence-electron chi connectivity index (χ2n) is 2.62. The van der Waals surface area contributed by atoms with Gasteiger partial charge in [0.15, 0.2) is 10.4 Å². The van der Waals surface area contributed by atoms with Crippen molar-refractivity contribution in [2.24, 2.45) is 0 Å². The van der Waals surface area contributed by atoms with Crippen LogP contribution < -0.4 is 0 Å². The number of halogens is 4. The topological polar surface area (TPSA) is 52.1 Å². The molecule has 0 N–H and O–H groups in total. The lowest BCUT2D eigenvalue weighted by molar-refractivity contribution is -0.142. The summed E-state index contributed by atoms with van der Waals surface area (Å²) in [6.45, 7) is 1.47. The first-order valence-electron chi connectivity index (χ1n) is 4.13. The van der Waals surface area contributed by atoms with Gasteiger partial charge in [0, 0.05) is 6.20 Å². The SMILES string of the molecule is CCOC(=O)c1cnc(Br)nc1C(F)(F)F. The largest absolute Gasteiger partial charge is 0.462 e. The zero-order chi connectivity index (χ0) is 12.3. The number of carbonyl (C=O) groups is 1. The quantitative estimate of drug-likeness (QED) is 0.621. The van der Waals surface area contributed by atoms with Crippen molar-refractivity contribution in [2.75, 3.05) is 6.61 Å². The third-order valence-electron chi connectivity index (χ3n) is 1.52. The van der Waals surface area contributed by atoms with Gasteiger partial charge >= 0.3 is 12.1 Å². The number of hydrogen-bond acceptors (Lipinski definition) is 4. The maximum absolute atomic E-state index is 12.5. The molecule has 0 aliphatic heterocycles. The number of esters is 1. The Hall–Kier alpha value is -1.18. The second kappa shape index (κ2) is 4.77. The van der Waals surface area contributed by atoms with Crippen LogP contribution in [0, 0.1) is 0 Å². The molecule has 0 atom stereocenters. The maximum Gasteiger partial charge on any atom is 0.434 e. The molecule has 0 aromatic carbocycles. The monoisotopic (exact) mass is 298 g/mol. The molecule has 1 aromatic rings. The summed E-state index contributed by atoms with van der Waals surface area (Å²) in [4.78, 5) is 17.8. The molecule has 0 bridgehead atoms. The lowest BCUT2D eigenvalue weighted by Crippen LogP contribution is -2.18. The summed E-state index contributed by atoms with van der Waals surface area (Å²) >= 11 is 2.70. The summed E-state index contributed by atoms with van der Waals surface area (Å²) < 4.78 is 41.8. The highest BCUT2D eigenvalue weighted by molar-refractivity contribution is 9.10. The summed E-state index contributed by atoms with van der Waals surface area (Å²) in [5, 5.41) is 0. The van der Waals surface area contributed by atoms with Gasteiger partial charge in [0.05, 0.1) is 6.61 Å². The number of alkyl halides is 3. The van der Waals surface area contributed by atoms with Crippen LogP contribution in [-0.2, 0) is 10.9 Å². The first-order valence-corrected chi connectivity index (χ1v) is 4.92. The Balaban J connectivity index is 3.23. The van der Waals surface area contributed by atoms with Crippen molar-refractivity contribution in [1.29, 1.82) is 0 Å². The van der Waals surface area contributed by atoms with Crippen molar-refractivity contribution in [3.05, 3.63) is 22.2 Å². The molecule has 16 heavy (non-hydrogen) atoms. The average molecular weight is 299 g/mol. The molecule has 0 aliphatic carbocycles. The van der Waals surface area contributed by atoms with Crippen molar-refractivity contribution >= 4 is 21.9 Å². The Morgan fingerprint density at radius 2 is 2.19 bits per heavy atom. The first kappa shape index (κ1) is 12.9. The zero-order valence-corrected chi connectivity index (χ0v) is 9.59. The van der Waals surface area contributed by atoms with Gasteiger partial charge in [-0.2, -0.15) is 13.2 Å². The predicted octanol–water partition coefficient (Wildman–Crippen LogP) is 2.43. The summed E-state index contributed by atoms with van der Waals surface area (Å²) in [6, 6.07) is 0. The van der Waals surface area contributed by atoms with Gasteiger partial charge in [-0.15, -0.1) is 0 Å².